The van der Waals surface area contributed by atoms with Crippen LogP contribution in [0.25, 0.3) is 21.8 Å². The first-order chi connectivity index (χ1) is 7.86. The molecule has 0 spiro atoms. The molecule has 1 aromatic heterocycles. The van der Waals surface area contributed by atoms with Crippen LogP contribution in [0.2, 0.25) is 0 Å². The van der Waals surface area contributed by atoms with Gasteiger partial charge in [-0.15, -0.1) is 0 Å². The summed E-state index contributed by atoms with van der Waals surface area (Å²) in [5.41, 5.74) is 2.42. The van der Waals surface area contributed by atoms with Gasteiger partial charge in [0.15, 0.2) is 0 Å². The fourth-order valence-electron chi connectivity index (χ4n) is 1.80. The van der Waals surface area contributed by atoms with Gasteiger partial charge >= 0.3 is 25.7 Å². The van der Waals surface area contributed by atoms with Crippen LogP contribution in [0.4, 0.5) is 0 Å². The average Bonchev–Trinajstić information content (AvgIpc) is 2.68. The van der Waals surface area contributed by atoms with Gasteiger partial charge in [-0.25, -0.2) is 0 Å². The number of para-hydroxylation sites is 2. The molecule has 0 aliphatic rings. The standard InChI is InChI=1S/C12H9N.2O.Ti/c1-3-7-11-9(5-1)10-6-2-4-8-12(10)13-11;;;/h1-8,13H;;;. The Hall–Kier alpha value is -1.45. The van der Waals surface area contributed by atoms with E-state index in [2.05, 4.69) is 53.5 Å². The Labute approximate surface area is 101 Å². The third kappa shape index (κ3) is 2.06. The maximum Gasteiger partial charge on any atom is 0.0464 e. The summed E-state index contributed by atoms with van der Waals surface area (Å²) in [5, 5.41) is 2.61. The van der Waals surface area contributed by atoms with Gasteiger partial charge in [0.05, 0.1) is 0 Å². The van der Waals surface area contributed by atoms with Crippen LogP contribution in [0.15, 0.2) is 48.5 Å². The number of nitrogens with one attached hydrogen (secondary N) is 1. The van der Waals surface area contributed by atoms with Crippen LogP contribution in [0, 0.1) is 0 Å². The van der Waals surface area contributed by atoms with Gasteiger partial charge in [-0.3, -0.25) is 0 Å². The van der Waals surface area contributed by atoms with Crippen LogP contribution >= 0.6 is 0 Å². The minimum Gasteiger partial charge on any atom is -0.355 e. The normalized spacial score (nSPS) is 9.50. The average molecular weight is 247 g/mol. The maximum absolute atomic E-state index is 8.50. The minimum absolute atomic E-state index is 1.21. The number of aromatic amines is 1. The van der Waals surface area contributed by atoms with Crippen LogP contribution < -0.4 is 0 Å². The van der Waals surface area contributed by atoms with Crippen LogP contribution in [0.1, 0.15) is 0 Å². The Morgan fingerprint density at radius 2 is 1.12 bits per heavy atom. The van der Waals surface area contributed by atoms with Gasteiger partial charge in [0.25, 0.3) is 0 Å². The third-order valence-electron chi connectivity index (χ3n) is 2.41. The minimum atomic E-state index is -2.00. The molecule has 16 heavy (non-hydrogen) atoms. The molecule has 3 aromatic rings. The summed E-state index contributed by atoms with van der Waals surface area (Å²) in [6.07, 6.45) is 0. The number of hydrogen-bond donors (Lipinski definition) is 1. The summed E-state index contributed by atoms with van der Waals surface area (Å²) in [6.45, 7) is 0. The predicted molar refractivity (Wildman–Crippen MR) is 57.2 cm³/mol. The Morgan fingerprint density at radius 1 is 0.750 bits per heavy atom. The fraction of sp³-hybridized carbons (Fsp3) is 0. The molecule has 0 saturated heterocycles. The van der Waals surface area contributed by atoms with Crippen molar-refractivity contribution in [3.63, 3.8) is 0 Å². The number of H-pyrrole nitrogens is 1. The van der Waals surface area contributed by atoms with Crippen molar-refractivity contribution in [2.24, 2.45) is 0 Å². The van der Waals surface area contributed by atoms with Gasteiger partial charge in [-0.1, -0.05) is 36.4 Å². The summed E-state index contributed by atoms with van der Waals surface area (Å²) in [7, 11) is 0. The molecule has 0 radical (unpaired) electrons. The SMILES string of the molecule is [O]=[Ti]=[O].c1ccc2c(c1)[nH]c1ccccc12. The molecule has 0 unspecified atom stereocenters. The van der Waals surface area contributed by atoms with Gasteiger partial charge in [0.1, 0.15) is 0 Å². The van der Waals surface area contributed by atoms with E-state index in [-0.39, 0.29) is 0 Å². The molecule has 0 amide bonds. The third-order valence-corrected chi connectivity index (χ3v) is 2.41. The predicted octanol–water partition coefficient (Wildman–Crippen LogP) is 3.08. The summed E-state index contributed by atoms with van der Waals surface area (Å²) in [5.74, 6) is 0. The van der Waals surface area contributed by atoms with E-state index in [9.17, 15) is 0 Å². The Morgan fingerprint density at radius 3 is 1.56 bits per heavy atom. The molecule has 0 bridgehead atoms. The zero-order valence-corrected chi connectivity index (χ0v) is 10.00. The Balaban J connectivity index is 0.000000292. The van der Waals surface area contributed by atoms with Gasteiger partial charge in [-0.05, 0) is 12.1 Å². The number of fused-ring (bicyclic) bond motifs is 3. The zero-order valence-electron chi connectivity index (χ0n) is 8.44. The van der Waals surface area contributed by atoms with E-state index in [0.29, 0.717) is 0 Å². The van der Waals surface area contributed by atoms with E-state index >= 15 is 0 Å². The van der Waals surface area contributed by atoms with Gasteiger partial charge in [-0.2, -0.15) is 0 Å². The van der Waals surface area contributed by atoms with Gasteiger partial charge < -0.3 is 4.98 Å². The number of hydrogen-bond acceptors (Lipinski definition) is 2. The molecule has 0 aliphatic heterocycles. The molecule has 0 saturated carbocycles. The first-order valence-electron chi connectivity index (χ1n) is 4.81. The topological polar surface area (TPSA) is 49.9 Å². The largest absolute Gasteiger partial charge is 0.355 e. The van der Waals surface area contributed by atoms with E-state index in [4.69, 9.17) is 6.65 Å². The summed E-state index contributed by atoms with van der Waals surface area (Å²) < 4.78 is 17.0. The molecular formula is C12H9NO2Ti. The molecule has 0 atom stereocenters. The molecule has 1 N–H and O–H groups in total. The Kier molecular flexibility index (Phi) is 3.49. The molecule has 0 aliphatic carbocycles. The van der Waals surface area contributed by atoms with Crippen LogP contribution in [-0.2, 0) is 25.7 Å². The zero-order chi connectivity index (χ0) is 11.4. The summed E-state index contributed by atoms with van der Waals surface area (Å²) >= 11 is -2.00. The van der Waals surface area contributed by atoms with Crippen LogP contribution in [-0.4, -0.2) is 4.98 Å². The molecular weight excluding hydrogens is 238 g/mol. The van der Waals surface area contributed by atoms with Crippen LogP contribution in [0.3, 0.4) is 0 Å². The van der Waals surface area contributed by atoms with Crippen molar-refractivity contribution < 1.29 is 25.7 Å². The second kappa shape index (κ2) is 5.06. The van der Waals surface area contributed by atoms with Crippen molar-refractivity contribution >= 4 is 21.8 Å². The molecule has 0 fully saturated rings. The summed E-state index contributed by atoms with van der Waals surface area (Å²) in [4.78, 5) is 3.38. The van der Waals surface area contributed by atoms with Gasteiger partial charge in [0, 0.05) is 21.8 Å². The Bertz CT molecular complexity index is 604. The summed E-state index contributed by atoms with van der Waals surface area (Å²) in [6, 6.07) is 16.8. The number of rotatable bonds is 0. The molecule has 1 heterocycles. The van der Waals surface area contributed by atoms with E-state index in [1.165, 1.54) is 21.8 Å². The number of benzene rings is 2. The molecule has 2 aromatic carbocycles. The first-order valence-corrected chi connectivity index (χ1v) is 6.09. The van der Waals surface area contributed by atoms with Crippen molar-refractivity contribution in [1.82, 2.24) is 4.98 Å². The van der Waals surface area contributed by atoms with Crippen molar-refractivity contribution in [1.29, 1.82) is 0 Å². The van der Waals surface area contributed by atoms with Crippen LogP contribution in [0.5, 0.6) is 0 Å². The second-order valence-corrected chi connectivity index (χ2v) is 3.56. The van der Waals surface area contributed by atoms with E-state index in [0.717, 1.165) is 0 Å². The van der Waals surface area contributed by atoms with Crippen molar-refractivity contribution in [2.45, 2.75) is 0 Å². The van der Waals surface area contributed by atoms with Crippen molar-refractivity contribution in [2.75, 3.05) is 0 Å². The monoisotopic (exact) mass is 247 g/mol. The molecule has 3 rings (SSSR count). The van der Waals surface area contributed by atoms with Crippen molar-refractivity contribution in [3.05, 3.63) is 48.5 Å². The van der Waals surface area contributed by atoms with E-state index in [1.54, 1.807) is 0 Å². The second-order valence-electron chi connectivity index (χ2n) is 3.30. The number of aromatic nitrogens is 1. The van der Waals surface area contributed by atoms with E-state index in [1.807, 2.05) is 0 Å². The fourth-order valence-corrected chi connectivity index (χ4v) is 1.80. The quantitative estimate of drug-likeness (QED) is 0.620. The molecule has 3 nitrogen and oxygen atoms in total. The molecule has 78 valence electrons. The van der Waals surface area contributed by atoms with Crippen molar-refractivity contribution in [3.8, 4) is 0 Å². The maximum atomic E-state index is 8.50. The molecule has 4 heteroatoms. The first kappa shape index (κ1) is 11.1. The van der Waals surface area contributed by atoms with Gasteiger partial charge in [0.2, 0.25) is 0 Å². The van der Waals surface area contributed by atoms with E-state index < -0.39 is 19.1 Å². The smallest absolute Gasteiger partial charge is 0.0464 e.